The monoisotopic (exact) mass is 622 g/mol. The molecule has 0 aromatic rings. The van der Waals surface area contributed by atoms with E-state index in [1.165, 1.54) is 0 Å². The molecule has 0 aromatic heterocycles. The highest BCUT2D eigenvalue weighted by Crippen LogP contribution is 2.63. The molecule has 4 nitrogen and oxygen atoms in total. The van der Waals surface area contributed by atoms with Crippen molar-refractivity contribution in [2.24, 2.45) is 0 Å². The Morgan fingerprint density at radius 1 is 0.474 bits per heavy atom. The molecule has 0 atom stereocenters. The molecule has 26 heteroatoms. The van der Waals surface area contributed by atoms with Crippen LogP contribution in [0.2, 0.25) is 0 Å². The zero-order chi connectivity index (χ0) is 30.7. The van der Waals surface area contributed by atoms with Crippen LogP contribution in [0.25, 0.3) is 0 Å². The number of nitrogens with zero attached hydrogens (tertiary/aromatic N) is 2. The van der Waals surface area contributed by atoms with Crippen LogP contribution >= 0.6 is 0 Å². The lowest BCUT2D eigenvalue weighted by Gasteiger charge is -2.50. The minimum Gasteiger partial charge on any atom is -0.243 e. The fraction of sp³-hybridized carbons (Fsp3) is 0.833. The van der Waals surface area contributed by atoms with Crippen LogP contribution in [0.15, 0.2) is 11.5 Å². The number of alkyl halides is 21. The van der Waals surface area contributed by atoms with Gasteiger partial charge < -0.3 is 0 Å². The quantitative estimate of drug-likeness (QED) is 0.258. The van der Waals surface area contributed by atoms with Gasteiger partial charge in [-0.05, 0) is 0 Å². The molecule has 0 saturated carbocycles. The molecule has 2 saturated heterocycles. The summed E-state index contributed by atoms with van der Waals surface area (Å²) in [5.74, 6) is -5.80. The normalized spacial score (nSPS) is 30.0. The molecular formula is C12F22N2O2. The van der Waals surface area contributed by atoms with Crippen LogP contribution in [0.5, 0.6) is 0 Å². The summed E-state index contributed by atoms with van der Waals surface area (Å²) in [5.41, 5.74) is -5.62. The average Bonchev–Trinajstić information content (AvgIpc) is 2.59. The van der Waals surface area contributed by atoms with Crippen LogP contribution in [0.3, 0.4) is 0 Å². The molecule has 0 aromatic carbocycles. The zero-order valence-corrected chi connectivity index (χ0v) is 16.0. The van der Waals surface area contributed by atoms with E-state index in [0.717, 1.165) is 0 Å². The minimum atomic E-state index is -8.27. The average molecular weight is 622 g/mol. The topological polar surface area (TPSA) is 24.9 Å². The highest BCUT2D eigenvalue weighted by molar-refractivity contribution is 5.24. The van der Waals surface area contributed by atoms with Gasteiger partial charge in [-0.2, -0.15) is 92.2 Å². The molecule has 2 rings (SSSR count). The maximum atomic E-state index is 14.2. The molecule has 0 unspecified atom stereocenters. The van der Waals surface area contributed by atoms with E-state index in [1.54, 1.807) is 9.47 Å². The predicted molar refractivity (Wildman–Crippen MR) is 64.6 cm³/mol. The summed E-state index contributed by atoms with van der Waals surface area (Å²) < 4.78 is 300. The summed E-state index contributed by atoms with van der Waals surface area (Å²) in [6.45, 7) is 0. The first kappa shape index (κ1) is 32.1. The Balaban J connectivity index is 3.05. The van der Waals surface area contributed by atoms with Gasteiger partial charge in [0.25, 0.3) is 0 Å². The van der Waals surface area contributed by atoms with Crippen LogP contribution in [0.4, 0.5) is 96.6 Å². The van der Waals surface area contributed by atoms with Gasteiger partial charge in [0.15, 0.2) is 5.70 Å². The molecule has 2 aliphatic heterocycles. The summed E-state index contributed by atoms with van der Waals surface area (Å²) in [4.78, 5) is -8.73. The molecule has 224 valence electrons. The second-order valence-corrected chi connectivity index (χ2v) is 6.81. The number of morpholine rings is 2. The van der Waals surface area contributed by atoms with E-state index in [-0.39, 0.29) is 0 Å². The van der Waals surface area contributed by atoms with E-state index in [0.29, 0.717) is 0 Å². The first-order valence-corrected chi connectivity index (χ1v) is 8.07. The van der Waals surface area contributed by atoms with Crippen molar-refractivity contribution in [3.8, 4) is 0 Å². The van der Waals surface area contributed by atoms with Gasteiger partial charge in [-0.15, -0.1) is 0 Å². The number of hydrogen-bond donors (Lipinski definition) is 0. The number of ether oxygens (including phenoxy) is 2. The van der Waals surface area contributed by atoms with Crippen LogP contribution < -0.4 is 0 Å². The molecule has 2 fully saturated rings. The Hall–Kier alpha value is -2.12. The predicted octanol–water partition coefficient (Wildman–Crippen LogP) is 6.73. The second kappa shape index (κ2) is 7.75. The summed E-state index contributed by atoms with van der Waals surface area (Å²) in [6, 6.07) is -39.5. The minimum absolute atomic E-state index is 1.59. The zero-order valence-electron chi connectivity index (χ0n) is 16.0. The summed E-state index contributed by atoms with van der Waals surface area (Å²) in [7, 11) is 0. The Kier molecular flexibility index (Phi) is 6.54. The summed E-state index contributed by atoms with van der Waals surface area (Å²) >= 11 is 0. The van der Waals surface area contributed by atoms with Crippen molar-refractivity contribution in [2.75, 3.05) is 0 Å². The van der Waals surface area contributed by atoms with E-state index >= 15 is 0 Å². The van der Waals surface area contributed by atoms with Gasteiger partial charge in [-0.3, -0.25) is 0 Å². The molecule has 0 aliphatic carbocycles. The van der Waals surface area contributed by atoms with Gasteiger partial charge in [0.2, 0.25) is 5.83 Å². The third kappa shape index (κ3) is 3.98. The highest BCUT2D eigenvalue weighted by atomic mass is 19.4. The van der Waals surface area contributed by atoms with Crippen molar-refractivity contribution in [2.45, 2.75) is 60.8 Å². The maximum Gasteiger partial charge on any atom is 0.445 e. The first-order valence-electron chi connectivity index (χ1n) is 8.07. The number of hydrogen-bond acceptors (Lipinski definition) is 4. The SMILES string of the molecule is FC(=C(N1C(F)(F)C(F)(F)OC(F)(F)C1(F)F)C(F)(F)F)C(F)(F)N1C(F)(F)C(F)(F)OC(F)(F)C1(F)F. The van der Waals surface area contributed by atoms with Gasteiger partial charge in [0, 0.05) is 0 Å². The molecular weight excluding hydrogens is 622 g/mol. The molecule has 0 amide bonds. The van der Waals surface area contributed by atoms with Crippen LogP contribution in [-0.2, 0) is 9.47 Å². The van der Waals surface area contributed by atoms with Gasteiger partial charge >= 0.3 is 60.8 Å². The highest BCUT2D eigenvalue weighted by Gasteiger charge is 2.89. The van der Waals surface area contributed by atoms with Crippen molar-refractivity contribution in [1.29, 1.82) is 0 Å². The lowest BCUT2D eigenvalue weighted by atomic mass is 10.1. The molecule has 0 spiro atoms. The summed E-state index contributed by atoms with van der Waals surface area (Å²) in [5, 5.41) is 0. The summed E-state index contributed by atoms with van der Waals surface area (Å²) in [6.07, 6.45) is -37.4. The molecule has 0 radical (unpaired) electrons. The number of rotatable bonds is 3. The number of halogens is 22. The Bertz CT molecular complexity index is 945. The Labute approximate surface area is 189 Å². The second-order valence-electron chi connectivity index (χ2n) is 6.81. The van der Waals surface area contributed by atoms with E-state index in [2.05, 4.69) is 0 Å². The third-order valence-electron chi connectivity index (χ3n) is 4.28. The molecule has 0 bridgehead atoms. The van der Waals surface area contributed by atoms with E-state index < -0.39 is 82.2 Å². The Morgan fingerprint density at radius 3 is 1.00 bits per heavy atom. The fourth-order valence-electron chi connectivity index (χ4n) is 2.66. The van der Waals surface area contributed by atoms with Crippen molar-refractivity contribution < 1.29 is 106 Å². The first-order chi connectivity index (χ1) is 16.2. The molecule has 2 aliphatic rings. The van der Waals surface area contributed by atoms with Gasteiger partial charge in [0.1, 0.15) is 0 Å². The third-order valence-corrected chi connectivity index (χ3v) is 4.28. The largest absolute Gasteiger partial charge is 0.445 e. The lowest BCUT2D eigenvalue weighted by Crippen LogP contribution is -2.78. The van der Waals surface area contributed by atoms with Gasteiger partial charge in [0.05, 0.1) is 0 Å². The lowest BCUT2D eigenvalue weighted by molar-refractivity contribution is -0.583. The van der Waals surface area contributed by atoms with Crippen LogP contribution in [0.1, 0.15) is 0 Å². The molecule has 38 heavy (non-hydrogen) atoms. The maximum absolute atomic E-state index is 14.2. The van der Waals surface area contributed by atoms with E-state index in [1.807, 2.05) is 0 Å². The van der Waals surface area contributed by atoms with Crippen molar-refractivity contribution in [3.63, 3.8) is 0 Å². The smallest absolute Gasteiger partial charge is 0.243 e. The van der Waals surface area contributed by atoms with Crippen molar-refractivity contribution in [3.05, 3.63) is 11.5 Å². The molecule has 0 N–H and O–H groups in total. The molecule has 2 heterocycles. The van der Waals surface area contributed by atoms with E-state index in [9.17, 15) is 96.6 Å². The van der Waals surface area contributed by atoms with Crippen LogP contribution in [-0.4, -0.2) is 70.6 Å². The fourth-order valence-corrected chi connectivity index (χ4v) is 2.66. The standard InChI is InChI=1S/C12F22N2O2/c13-1(4(17,18)36-7(23,24)11(31,32)38-12(33,34)8(36,25)26)2(3(14,15)16)35-5(19,20)9(27,28)37-10(29,30)6(35,21)22. The van der Waals surface area contributed by atoms with E-state index in [4.69, 9.17) is 0 Å². The Morgan fingerprint density at radius 2 is 0.737 bits per heavy atom. The van der Waals surface area contributed by atoms with Crippen molar-refractivity contribution >= 4 is 0 Å². The van der Waals surface area contributed by atoms with Crippen LogP contribution in [0, 0.1) is 0 Å². The van der Waals surface area contributed by atoms with Crippen molar-refractivity contribution in [1.82, 2.24) is 9.80 Å². The van der Waals surface area contributed by atoms with Gasteiger partial charge in [-0.25, -0.2) is 18.8 Å². The van der Waals surface area contributed by atoms with Gasteiger partial charge in [-0.1, -0.05) is 4.90 Å². The number of allylic oxidation sites excluding steroid dienone is 1.